The van der Waals surface area contributed by atoms with Crippen LogP contribution in [0.5, 0.6) is 5.75 Å². The van der Waals surface area contributed by atoms with Crippen LogP contribution in [0.1, 0.15) is 55.2 Å². The maximum Gasteiger partial charge on any atom is 0.223 e. The smallest absolute Gasteiger partial charge is 0.223 e. The molecule has 1 atom stereocenters. The molecule has 36 heavy (non-hydrogen) atoms. The molecule has 2 aliphatic heterocycles. The molecule has 0 spiro atoms. The summed E-state index contributed by atoms with van der Waals surface area (Å²) in [6.07, 6.45) is 4.93. The van der Waals surface area contributed by atoms with Crippen molar-refractivity contribution in [2.24, 2.45) is 5.41 Å². The highest BCUT2D eigenvalue weighted by molar-refractivity contribution is 7.88. The maximum absolute atomic E-state index is 13.5. The molecule has 0 aromatic heterocycles. The Balaban J connectivity index is 1.55. The van der Waals surface area contributed by atoms with Crippen LogP contribution >= 0.6 is 11.6 Å². The fourth-order valence-corrected chi connectivity index (χ4v) is 7.12. The molecule has 2 aromatic rings. The van der Waals surface area contributed by atoms with E-state index in [9.17, 15) is 13.2 Å². The second-order valence-electron chi connectivity index (χ2n) is 10.5. The molecule has 2 fully saturated rings. The van der Waals surface area contributed by atoms with Crippen LogP contribution in [0.3, 0.4) is 0 Å². The van der Waals surface area contributed by atoms with Crippen LogP contribution < -0.4 is 4.74 Å². The van der Waals surface area contributed by atoms with Gasteiger partial charge in [-0.3, -0.25) is 4.79 Å². The molecule has 1 amide bonds. The molecule has 2 aliphatic rings. The van der Waals surface area contributed by atoms with Crippen molar-refractivity contribution in [3.63, 3.8) is 0 Å². The summed E-state index contributed by atoms with van der Waals surface area (Å²) in [6.45, 7) is 6.48. The van der Waals surface area contributed by atoms with Crippen LogP contribution in [0, 0.1) is 19.3 Å². The molecule has 0 radical (unpaired) electrons. The third-order valence-electron chi connectivity index (χ3n) is 7.36. The number of halogens is 1. The Morgan fingerprint density at radius 3 is 2.53 bits per heavy atom. The van der Waals surface area contributed by atoms with Gasteiger partial charge in [0.05, 0.1) is 12.4 Å². The number of aryl methyl sites for hydroxylation is 2. The van der Waals surface area contributed by atoms with Crippen molar-refractivity contribution in [2.75, 3.05) is 32.8 Å². The van der Waals surface area contributed by atoms with Crippen molar-refractivity contribution in [3.05, 3.63) is 64.2 Å². The number of piperidine rings is 2. The molecular weight excluding hydrogens is 496 g/mol. The van der Waals surface area contributed by atoms with E-state index in [2.05, 4.69) is 0 Å². The normalized spacial score (nSPS) is 21.4. The van der Waals surface area contributed by atoms with Gasteiger partial charge in [0.15, 0.2) is 0 Å². The van der Waals surface area contributed by atoms with E-state index >= 15 is 0 Å². The monoisotopic (exact) mass is 532 g/mol. The lowest BCUT2D eigenvalue weighted by molar-refractivity contribution is -0.136. The van der Waals surface area contributed by atoms with Gasteiger partial charge in [-0.2, -0.15) is 0 Å². The van der Waals surface area contributed by atoms with E-state index in [0.29, 0.717) is 23.7 Å². The Bertz CT molecular complexity index is 1180. The molecule has 0 N–H and O–H groups in total. The van der Waals surface area contributed by atoms with Crippen LogP contribution in [-0.2, 0) is 20.6 Å². The van der Waals surface area contributed by atoms with Crippen LogP contribution in [-0.4, -0.2) is 56.3 Å². The van der Waals surface area contributed by atoms with E-state index < -0.39 is 15.4 Å². The summed E-state index contributed by atoms with van der Waals surface area (Å²) >= 11 is 6.18. The number of ether oxygens (including phenoxy) is 1. The van der Waals surface area contributed by atoms with Crippen LogP contribution in [0.15, 0.2) is 42.5 Å². The van der Waals surface area contributed by atoms with Gasteiger partial charge in [0, 0.05) is 43.0 Å². The number of likely N-dealkylation sites (tertiary alicyclic amines) is 1. The first-order chi connectivity index (χ1) is 17.2. The van der Waals surface area contributed by atoms with Gasteiger partial charge in [0.25, 0.3) is 0 Å². The van der Waals surface area contributed by atoms with Crippen LogP contribution in [0.4, 0.5) is 0 Å². The fourth-order valence-electron chi connectivity index (χ4n) is 5.34. The highest BCUT2D eigenvalue weighted by atomic mass is 35.5. The van der Waals surface area contributed by atoms with Gasteiger partial charge in [-0.15, -0.1) is 0 Å². The third kappa shape index (κ3) is 6.81. The van der Waals surface area contributed by atoms with Crippen molar-refractivity contribution in [2.45, 2.75) is 58.1 Å². The first-order valence-electron chi connectivity index (χ1n) is 12.9. The quantitative estimate of drug-likeness (QED) is 0.459. The Hall–Kier alpha value is -2.09. The molecule has 0 aliphatic carbocycles. The predicted molar refractivity (Wildman–Crippen MR) is 144 cm³/mol. The second-order valence-corrected chi connectivity index (χ2v) is 12.9. The van der Waals surface area contributed by atoms with E-state index in [1.165, 1.54) is 0 Å². The Labute approximate surface area is 220 Å². The molecule has 1 unspecified atom stereocenters. The lowest BCUT2D eigenvalue weighted by atomic mass is 9.78. The zero-order valence-electron chi connectivity index (χ0n) is 21.3. The minimum Gasteiger partial charge on any atom is -0.493 e. The number of hydrogen-bond donors (Lipinski definition) is 0. The number of benzene rings is 2. The van der Waals surface area contributed by atoms with Crippen molar-refractivity contribution in [1.82, 2.24) is 9.21 Å². The SMILES string of the molecule is Cc1cccc(CS(=O)(=O)N2CCCC(COc3ccc(Cl)c(C)c3)(CC(=O)N3CCCCC3)C2)c1. The lowest BCUT2D eigenvalue weighted by Crippen LogP contribution is -2.51. The first-order valence-corrected chi connectivity index (χ1v) is 14.8. The van der Waals surface area contributed by atoms with Crippen molar-refractivity contribution in [1.29, 1.82) is 0 Å². The highest BCUT2D eigenvalue weighted by Gasteiger charge is 2.42. The number of carbonyl (C=O) groups is 1. The maximum atomic E-state index is 13.5. The van der Waals surface area contributed by atoms with E-state index in [1.54, 1.807) is 10.4 Å². The van der Waals surface area contributed by atoms with Gasteiger partial charge in [0.2, 0.25) is 15.9 Å². The zero-order chi connectivity index (χ0) is 25.8. The Kier molecular flexibility index (Phi) is 8.63. The highest BCUT2D eigenvalue weighted by Crippen LogP contribution is 2.37. The van der Waals surface area contributed by atoms with Gasteiger partial charge in [0.1, 0.15) is 5.75 Å². The van der Waals surface area contributed by atoms with E-state index in [-0.39, 0.29) is 31.2 Å². The first kappa shape index (κ1) is 27.0. The molecule has 2 aromatic carbocycles. The van der Waals surface area contributed by atoms with E-state index in [1.807, 2.05) is 55.1 Å². The largest absolute Gasteiger partial charge is 0.493 e. The van der Waals surface area contributed by atoms with E-state index in [0.717, 1.165) is 55.5 Å². The molecule has 6 nitrogen and oxygen atoms in total. The van der Waals surface area contributed by atoms with E-state index in [4.69, 9.17) is 16.3 Å². The summed E-state index contributed by atoms with van der Waals surface area (Å²) in [6, 6.07) is 13.1. The van der Waals surface area contributed by atoms with Gasteiger partial charge < -0.3 is 9.64 Å². The van der Waals surface area contributed by atoms with Crippen molar-refractivity contribution < 1.29 is 17.9 Å². The molecule has 0 saturated carbocycles. The number of carbonyl (C=O) groups excluding carboxylic acids is 1. The molecule has 196 valence electrons. The lowest BCUT2D eigenvalue weighted by Gasteiger charge is -2.42. The summed E-state index contributed by atoms with van der Waals surface area (Å²) in [5, 5.41) is 0.670. The summed E-state index contributed by atoms with van der Waals surface area (Å²) in [7, 11) is -3.54. The minimum absolute atomic E-state index is 0.0396. The standard InChI is InChI=1S/C28H37ClN2O4S/c1-22-8-6-9-24(16-22)19-36(33,34)31-15-7-12-28(20-31,18-27(32)30-13-4-3-5-14-30)21-35-25-10-11-26(29)23(2)17-25/h6,8-11,16-17H,3-5,7,12-15,18-21H2,1-2H3. The second kappa shape index (κ2) is 11.5. The van der Waals surface area contributed by atoms with Gasteiger partial charge in [-0.25, -0.2) is 12.7 Å². The summed E-state index contributed by atoms with van der Waals surface area (Å²) in [5.41, 5.74) is 2.15. The third-order valence-corrected chi connectivity index (χ3v) is 9.58. The molecule has 8 heteroatoms. The van der Waals surface area contributed by atoms with Gasteiger partial charge in [-0.05, 0) is 75.3 Å². The topological polar surface area (TPSA) is 66.9 Å². The van der Waals surface area contributed by atoms with Crippen molar-refractivity contribution >= 4 is 27.5 Å². The number of hydrogen-bond acceptors (Lipinski definition) is 4. The average Bonchev–Trinajstić information content (AvgIpc) is 2.85. The Morgan fingerprint density at radius 1 is 1.03 bits per heavy atom. The molecule has 4 rings (SSSR count). The van der Waals surface area contributed by atoms with Crippen molar-refractivity contribution in [3.8, 4) is 5.75 Å². The molecule has 2 heterocycles. The summed E-state index contributed by atoms with van der Waals surface area (Å²) in [5.74, 6) is 0.743. The minimum atomic E-state index is -3.54. The Morgan fingerprint density at radius 2 is 1.81 bits per heavy atom. The predicted octanol–water partition coefficient (Wildman–Crippen LogP) is 5.35. The number of rotatable bonds is 8. The summed E-state index contributed by atoms with van der Waals surface area (Å²) in [4.78, 5) is 15.3. The number of sulfonamides is 1. The zero-order valence-corrected chi connectivity index (χ0v) is 22.9. The van der Waals surface area contributed by atoms with Gasteiger partial charge >= 0.3 is 0 Å². The van der Waals surface area contributed by atoms with Crippen LogP contribution in [0.25, 0.3) is 0 Å². The summed E-state index contributed by atoms with van der Waals surface area (Å²) < 4.78 is 34.7. The molecule has 2 saturated heterocycles. The molecular formula is C28H37ClN2O4S. The number of nitrogens with zero attached hydrogens (tertiary/aromatic N) is 2. The molecule has 0 bridgehead atoms. The van der Waals surface area contributed by atoms with Gasteiger partial charge in [-0.1, -0.05) is 41.4 Å². The number of amides is 1. The van der Waals surface area contributed by atoms with Crippen LogP contribution in [0.2, 0.25) is 5.02 Å². The average molecular weight is 533 g/mol. The fraction of sp³-hybridized carbons (Fsp3) is 0.536.